The number of carbonyl (C=O) groups is 3. The van der Waals surface area contributed by atoms with Gasteiger partial charge >= 0.3 is 0 Å². The van der Waals surface area contributed by atoms with Crippen LogP contribution in [0.25, 0.3) is 10.8 Å². The molecule has 0 spiro atoms. The van der Waals surface area contributed by atoms with Crippen molar-refractivity contribution < 1.29 is 23.7 Å². The molecule has 1 aliphatic heterocycles. The van der Waals surface area contributed by atoms with E-state index in [1.165, 1.54) is 0 Å². The highest BCUT2D eigenvalue weighted by Gasteiger charge is 2.33. The predicted octanol–water partition coefficient (Wildman–Crippen LogP) is 3.22. The fourth-order valence-electron chi connectivity index (χ4n) is 4.95. The van der Waals surface area contributed by atoms with Gasteiger partial charge in [-0.05, 0) is 73.8 Å². The van der Waals surface area contributed by atoms with Crippen LogP contribution in [0.1, 0.15) is 48.2 Å². The molecule has 0 radical (unpaired) electrons. The van der Waals surface area contributed by atoms with Crippen LogP contribution in [0.3, 0.4) is 0 Å². The number of carbonyl (C=O) groups excluding carboxylic acids is 3. The monoisotopic (exact) mass is 564 g/mol. The standard InChI is InChI=1S/C30H36N4O5S/c1-5-17-40(38)33-29(36)23-11-8-10-21-22(23)14-16-27(39-4)24(21)18-34-26-12-7-6-9-20(26)13-15-25(30(34)37)32-28(35)19(2)31-3/h6-12,14,16,19,25,31H,5,13,15,17-18H2,1-4H3,(H,32,35)(H,33,36)/t19-,25-,40?/m0/s1. The van der Waals surface area contributed by atoms with Crippen LogP contribution in [0.2, 0.25) is 0 Å². The van der Waals surface area contributed by atoms with Crippen molar-refractivity contribution in [1.29, 1.82) is 0 Å². The summed E-state index contributed by atoms with van der Waals surface area (Å²) >= 11 is -1.47. The normalized spacial score (nSPS) is 16.6. The van der Waals surface area contributed by atoms with Gasteiger partial charge in [0.2, 0.25) is 11.8 Å². The number of likely N-dealkylation sites (N-methyl/N-ethyl adjacent to an activating group) is 1. The van der Waals surface area contributed by atoms with Crippen molar-refractivity contribution in [1.82, 2.24) is 15.4 Å². The second-order valence-corrected chi connectivity index (χ2v) is 11.1. The summed E-state index contributed by atoms with van der Waals surface area (Å²) in [4.78, 5) is 41.4. The van der Waals surface area contributed by atoms with Gasteiger partial charge in [0.1, 0.15) is 17.5 Å². The first-order valence-corrected chi connectivity index (χ1v) is 14.8. The van der Waals surface area contributed by atoms with E-state index in [1.54, 1.807) is 50.2 Å². The van der Waals surface area contributed by atoms with E-state index < -0.39 is 29.4 Å². The average Bonchev–Trinajstić information content (AvgIpc) is 3.08. The van der Waals surface area contributed by atoms with Gasteiger partial charge in [-0.2, -0.15) is 4.72 Å². The number of amides is 3. The van der Waals surface area contributed by atoms with Crippen molar-refractivity contribution in [2.24, 2.45) is 0 Å². The Hall–Kier alpha value is -3.60. The molecule has 1 aliphatic rings. The highest BCUT2D eigenvalue weighted by molar-refractivity contribution is 7.90. The van der Waals surface area contributed by atoms with Crippen molar-refractivity contribution in [3.8, 4) is 5.75 Å². The maximum absolute atomic E-state index is 14.0. The molecule has 4 rings (SSSR count). The molecular formula is C30H36N4O5S. The molecule has 0 fully saturated rings. The Bertz CT molecular complexity index is 1400. The Morgan fingerprint density at radius 2 is 1.90 bits per heavy atom. The summed E-state index contributed by atoms with van der Waals surface area (Å²) in [5.41, 5.74) is 2.89. The van der Waals surface area contributed by atoms with E-state index in [-0.39, 0.29) is 18.4 Å². The molecule has 0 aromatic heterocycles. The Morgan fingerprint density at radius 1 is 1.12 bits per heavy atom. The molecule has 9 nitrogen and oxygen atoms in total. The van der Waals surface area contributed by atoms with Crippen LogP contribution < -0.4 is 25.0 Å². The van der Waals surface area contributed by atoms with E-state index in [0.29, 0.717) is 41.7 Å². The van der Waals surface area contributed by atoms with E-state index >= 15 is 0 Å². The van der Waals surface area contributed by atoms with Gasteiger partial charge in [-0.25, -0.2) is 0 Å². The Labute approximate surface area is 238 Å². The fourth-order valence-corrected chi connectivity index (χ4v) is 5.74. The van der Waals surface area contributed by atoms with Crippen LogP contribution in [0.5, 0.6) is 5.75 Å². The number of methoxy groups -OCH3 is 1. The molecule has 1 unspecified atom stereocenters. The first kappa shape index (κ1) is 29.4. The highest BCUT2D eigenvalue weighted by Crippen LogP contribution is 2.35. The predicted molar refractivity (Wildman–Crippen MR) is 158 cm³/mol. The average molecular weight is 565 g/mol. The zero-order chi connectivity index (χ0) is 28.8. The highest BCUT2D eigenvalue weighted by atomic mass is 32.2. The van der Waals surface area contributed by atoms with Gasteiger partial charge in [0.25, 0.3) is 5.91 Å². The van der Waals surface area contributed by atoms with Crippen LogP contribution in [-0.2, 0) is 33.9 Å². The second-order valence-electron chi connectivity index (χ2n) is 9.79. The summed E-state index contributed by atoms with van der Waals surface area (Å²) in [5, 5.41) is 7.24. The van der Waals surface area contributed by atoms with E-state index in [1.807, 2.05) is 37.3 Å². The van der Waals surface area contributed by atoms with Crippen molar-refractivity contribution in [2.75, 3.05) is 24.8 Å². The third-order valence-corrected chi connectivity index (χ3v) is 8.39. The van der Waals surface area contributed by atoms with Crippen molar-refractivity contribution in [2.45, 2.75) is 51.7 Å². The lowest BCUT2D eigenvalue weighted by molar-refractivity contribution is -0.128. The molecule has 0 aliphatic carbocycles. The van der Waals surface area contributed by atoms with Gasteiger partial charge in [0.05, 0.1) is 36.6 Å². The first-order valence-electron chi connectivity index (χ1n) is 13.4. The topological polar surface area (TPSA) is 123 Å². The molecule has 0 bridgehead atoms. The van der Waals surface area contributed by atoms with Gasteiger partial charge in [-0.1, -0.05) is 37.3 Å². The van der Waals surface area contributed by atoms with Crippen LogP contribution in [0.15, 0.2) is 54.6 Å². The number of ether oxygens (including phenoxy) is 1. The Balaban J connectivity index is 1.77. The molecule has 3 N–H and O–H groups in total. The zero-order valence-corrected chi connectivity index (χ0v) is 24.1. The number of nitrogens with zero attached hydrogens (tertiary/aromatic N) is 1. The maximum Gasteiger partial charge on any atom is 0.292 e. The summed E-state index contributed by atoms with van der Waals surface area (Å²) in [5.74, 6) is 0.0522. The molecule has 10 heteroatoms. The lowest BCUT2D eigenvalue weighted by atomic mass is 9.98. The molecule has 3 amide bonds. The van der Waals surface area contributed by atoms with E-state index in [2.05, 4.69) is 15.4 Å². The molecule has 3 atom stereocenters. The smallest absolute Gasteiger partial charge is 0.292 e. The number of benzene rings is 3. The summed E-state index contributed by atoms with van der Waals surface area (Å²) in [7, 11) is 3.26. The molecule has 0 saturated heterocycles. The van der Waals surface area contributed by atoms with Gasteiger partial charge < -0.3 is 24.8 Å². The first-order chi connectivity index (χ1) is 19.3. The maximum atomic E-state index is 14.0. The third kappa shape index (κ3) is 6.24. The number of rotatable bonds is 10. The number of hydrogen-bond acceptors (Lipinski definition) is 6. The number of hydrogen-bond donors (Lipinski definition) is 3. The minimum absolute atomic E-state index is 0.164. The van der Waals surface area contributed by atoms with Crippen LogP contribution in [0.4, 0.5) is 5.69 Å². The van der Waals surface area contributed by atoms with Crippen LogP contribution in [0, 0.1) is 0 Å². The SMILES string of the molecule is CCC[S+]([O-])NC(=O)c1cccc2c(CN3C(=O)[C@@H](NC(=O)[C@H](C)NC)CCc4ccccc43)c(OC)ccc12. The number of para-hydroxylation sites is 1. The third-order valence-electron chi connectivity index (χ3n) is 7.20. The van der Waals surface area contributed by atoms with Gasteiger partial charge in [0.15, 0.2) is 0 Å². The lowest BCUT2D eigenvalue weighted by Gasteiger charge is -2.28. The molecule has 0 saturated carbocycles. The minimum atomic E-state index is -1.47. The van der Waals surface area contributed by atoms with E-state index in [9.17, 15) is 18.9 Å². The zero-order valence-electron chi connectivity index (χ0n) is 23.3. The summed E-state index contributed by atoms with van der Waals surface area (Å²) < 4.78 is 20.5. The van der Waals surface area contributed by atoms with Crippen LogP contribution in [-0.4, -0.2) is 54.3 Å². The van der Waals surface area contributed by atoms with Crippen LogP contribution >= 0.6 is 0 Å². The lowest BCUT2D eigenvalue weighted by Crippen LogP contribution is -2.52. The van der Waals surface area contributed by atoms with E-state index in [0.717, 1.165) is 22.2 Å². The van der Waals surface area contributed by atoms with Gasteiger partial charge in [0, 0.05) is 11.3 Å². The van der Waals surface area contributed by atoms with Gasteiger partial charge in [-0.15, -0.1) is 0 Å². The molecule has 3 aromatic rings. The molecule has 212 valence electrons. The fraction of sp³-hybridized carbons (Fsp3) is 0.367. The summed E-state index contributed by atoms with van der Waals surface area (Å²) in [6, 6.07) is 15.5. The number of nitrogens with one attached hydrogen (secondary N) is 3. The second kappa shape index (κ2) is 13.2. The number of aryl methyl sites for hydroxylation is 1. The molecule has 1 heterocycles. The molecule has 3 aromatic carbocycles. The molecular weight excluding hydrogens is 528 g/mol. The number of fused-ring (bicyclic) bond motifs is 2. The van der Waals surface area contributed by atoms with Crippen molar-refractivity contribution in [3.63, 3.8) is 0 Å². The van der Waals surface area contributed by atoms with Crippen molar-refractivity contribution in [3.05, 3.63) is 71.3 Å². The number of anilines is 1. The largest absolute Gasteiger partial charge is 0.593 e. The Kier molecular flexibility index (Phi) is 9.67. The molecule has 40 heavy (non-hydrogen) atoms. The van der Waals surface area contributed by atoms with Crippen molar-refractivity contribution >= 4 is 45.5 Å². The van der Waals surface area contributed by atoms with E-state index in [4.69, 9.17) is 4.74 Å². The summed E-state index contributed by atoms with van der Waals surface area (Å²) in [6.07, 6.45) is 1.79. The summed E-state index contributed by atoms with van der Waals surface area (Å²) in [6.45, 7) is 3.81. The van der Waals surface area contributed by atoms with Gasteiger partial charge in [-0.3, -0.25) is 14.4 Å². The minimum Gasteiger partial charge on any atom is -0.593 e. The Morgan fingerprint density at radius 3 is 2.62 bits per heavy atom. The quantitative estimate of drug-likeness (QED) is 0.325.